The van der Waals surface area contributed by atoms with Gasteiger partial charge in [-0.25, -0.2) is 9.37 Å². The molecule has 0 radical (unpaired) electrons. The third-order valence-corrected chi connectivity index (χ3v) is 4.82. The smallest absolute Gasteiger partial charge is 0.139 e. The van der Waals surface area contributed by atoms with E-state index in [4.69, 9.17) is 11.6 Å². The van der Waals surface area contributed by atoms with E-state index in [1.54, 1.807) is 6.07 Å². The van der Waals surface area contributed by atoms with Crippen molar-refractivity contribution in [3.63, 3.8) is 0 Å². The molecule has 1 unspecified atom stereocenters. The Balaban J connectivity index is 2.38. The highest BCUT2D eigenvalue weighted by Crippen LogP contribution is 2.27. The molecule has 5 heteroatoms. The standard InChI is InChI=1S/C16H21BrClFN2/c1-3-5-6-11(4-2)10-21-15-7-12(17)13(19)8-14(15)20-16(21)9-18/h7-8,11H,3-6,9-10H2,1-2H3. The summed E-state index contributed by atoms with van der Waals surface area (Å²) >= 11 is 9.28. The van der Waals surface area contributed by atoms with Crippen molar-refractivity contribution >= 4 is 38.6 Å². The van der Waals surface area contributed by atoms with E-state index in [2.05, 4.69) is 39.3 Å². The predicted octanol–water partition coefficient (Wildman–Crippen LogP) is 5.89. The van der Waals surface area contributed by atoms with Crippen LogP contribution < -0.4 is 0 Å². The predicted molar refractivity (Wildman–Crippen MR) is 90.3 cm³/mol. The SMILES string of the molecule is CCCCC(CC)Cn1c(CCl)nc2cc(F)c(Br)cc21. The van der Waals surface area contributed by atoms with Gasteiger partial charge in [0.2, 0.25) is 0 Å². The Labute approximate surface area is 138 Å². The Kier molecular flexibility index (Phi) is 6.06. The Morgan fingerprint density at radius 1 is 1.38 bits per heavy atom. The molecule has 2 rings (SSSR count). The summed E-state index contributed by atoms with van der Waals surface area (Å²) < 4.78 is 16.3. The molecule has 1 aromatic heterocycles. The largest absolute Gasteiger partial charge is 0.327 e. The van der Waals surface area contributed by atoms with Crippen LogP contribution in [0.2, 0.25) is 0 Å². The van der Waals surface area contributed by atoms with Gasteiger partial charge in [0.15, 0.2) is 0 Å². The molecule has 2 aromatic rings. The molecule has 0 N–H and O–H groups in total. The van der Waals surface area contributed by atoms with Crippen molar-refractivity contribution in [2.75, 3.05) is 0 Å². The number of nitrogens with zero attached hydrogens (tertiary/aromatic N) is 2. The minimum Gasteiger partial charge on any atom is -0.327 e. The number of aromatic nitrogens is 2. The molecule has 2 nitrogen and oxygen atoms in total. The summed E-state index contributed by atoms with van der Waals surface area (Å²) in [6.45, 7) is 5.33. The molecular formula is C16H21BrClFN2. The van der Waals surface area contributed by atoms with Crippen LogP contribution in [0.5, 0.6) is 0 Å². The molecule has 0 saturated carbocycles. The highest BCUT2D eigenvalue weighted by molar-refractivity contribution is 9.10. The van der Waals surface area contributed by atoms with Gasteiger partial charge < -0.3 is 4.57 Å². The summed E-state index contributed by atoms with van der Waals surface area (Å²) in [5.41, 5.74) is 1.63. The molecule has 0 bridgehead atoms. The lowest BCUT2D eigenvalue weighted by Crippen LogP contribution is -2.12. The van der Waals surface area contributed by atoms with Crippen molar-refractivity contribution in [2.45, 2.75) is 52.0 Å². The number of alkyl halides is 1. The molecule has 0 aliphatic rings. The van der Waals surface area contributed by atoms with Crippen LogP contribution in [0, 0.1) is 11.7 Å². The Bertz CT molecular complexity index is 612. The van der Waals surface area contributed by atoms with E-state index in [0.29, 0.717) is 21.8 Å². The van der Waals surface area contributed by atoms with Crippen LogP contribution in [-0.4, -0.2) is 9.55 Å². The maximum atomic E-state index is 13.7. The van der Waals surface area contributed by atoms with Gasteiger partial charge in [0.25, 0.3) is 0 Å². The van der Waals surface area contributed by atoms with Crippen molar-refractivity contribution in [1.82, 2.24) is 9.55 Å². The van der Waals surface area contributed by atoms with Crippen LogP contribution in [0.25, 0.3) is 11.0 Å². The zero-order valence-corrected chi connectivity index (χ0v) is 14.8. The molecule has 0 aliphatic carbocycles. The van der Waals surface area contributed by atoms with Crippen molar-refractivity contribution in [3.05, 3.63) is 28.2 Å². The third kappa shape index (κ3) is 3.78. The Morgan fingerprint density at radius 3 is 2.76 bits per heavy atom. The lowest BCUT2D eigenvalue weighted by atomic mass is 9.99. The van der Waals surface area contributed by atoms with Gasteiger partial charge in [-0.1, -0.05) is 33.1 Å². The molecule has 0 amide bonds. The minimum atomic E-state index is -0.286. The molecule has 21 heavy (non-hydrogen) atoms. The fourth-order valence-corrected chi connectivity index (χ4v) is 3.19. The Hall–Kier alpha value is -0.610. The van der Waals surface area contributed by atoms with Gasteiger partial charge in [0.05, 0.1) is 21.4 Å². The van der Waals surface area contributed by atoms with Crippen LogP contribution >= 0.6 is 27.5 Å². The molecule has 1 aromatic carbocycles. The lowest BCUT2D eigenvalue weighted by Gasteiger charge is -2.17. The molecule has 0 spiro atoms. The summed E-state index contributed by atoms with van der Waals surface area (Å²) in [4.78, 5) is 4.47. The molecule has 0 fully saturated rings. The first-order valence-electron chi connectivity index (χ1n) is 7.50. The molecule has 0 saturated heterocycles. The number of fused-ring (bicyclic) bond motifs is 1. The molecule has 1 heterocycles. The van der Waals surface area contributed by atoms with E-state index in [9.17, 15) is 4.39 Å². The van der Waals surface area contributed by atoms with Gasteiger partial charge in [-0.15, -0.1) is 11.6 Å². The summed E-state index contributed by atoms with van der Waals surface area (Å²) in [5.74, 6) is 1.48. The Morgan fingerprint density at radius 2 is 2.14 bits per heavy atom. The molecule has 116 valence electrons. The first-order chi connectivity index (χ1) is 10.1. The van der Waals surface area contributed by atoms with E-state index in [1.807, 2.05) is 0 Å². The van der Waals surface area contributed by atoms with Crippen LogP contribution in [0.3, 0.4) is 0 Å². The zero-order valence-electron chi connectivity index (χ0n) is 12.5. The minimum absolute atomic E-state index is 0.286. The summed E-state index contributed by atoms with van der Waals surface area (Å²) in [5, 5.41) is 0. The van der Waals surface area contributed by atoms with Crippen molar-refractivity contribution in [3.8, 4) is 0 Å². The van der Waals surface area contributed by atoms with Gasteiger partial charge >= 0.3 is 0 Å². The maximum absolute atomic E-state index is 13.7. The lowest BCUT2D eigenvalue weighted by molar-refractivity contribution is 0.391. The second-order valence-electron chi connectivity index (χ2n) is 5.44. The van der Waals surface area contributed by atoms with E-state index < -0.39 is 0 Å². The third-order valence-electron chi connectivity index (χ3n) is 3.97. The number of halogens is 3. The quantitative estimate of drug-likeness (QED) is 0.551. The number of unbranched alkanes of at least 4 members (excludes halogenated alkanes) is 1. The second-order valence-corrected chi connectivity index (χ2v) is 6.57. The number of benzene rings is 1. The van der Waals surface area contributed by atoms with Crippen LogP contribution in [0.1, 0.15) is 45.4 Å². The van der Waals surface area contributed by atoms with Gasteiger partial charge in [-0.05, 0) is 34.3 Å². The second kappa shape index (κ2) is 7.59. The van der Waals surface area contributed by atoms with Gasteiger partial charge in [-0.2, -0.15) is 0 Å². The monoisotopic (exact) mass is 374 g/mol. The fraction of sp³-hybridized carbons (Fsp3) is 0.562. The average molecular weight is 376 g/mol. The van der Waals surface area contributed by atoms with Crippen LogP contribution in [-0.2, 0) is 12.4 Å². The van der Waals surface area contributed by atoms with E-state index in [-0.39, 0.29) is 5.82 Å². The maximum Gasteiger partial charge on any atom is 0.139 e. The normalized spacial score (nSPS) is 13.0. The number of rotatable bonds is 7. The average Bonchev–Trinajstić information content (AvgIpc) is 2.81. The highest BCUT2D eigenvalue weighted by Gasteiger charge is 2.16. The van der Waals surface area contributed by atoms with Gasteiger partial charge in [0, 0.05) is 12.6 Å². The highest BCUT2D eigenvalue weighted by atomic mass is 79.9. The van der Waals surface area contributed by atoms with E-state index in [1.165, 1.54) is 25.3 Å². The van der Waals surface area contributed by atoms with Crippen molar-refractivity contribution in [1.29, 1.82) is 0 Å². The topological polar surface area (TPSA) is 17.8 Å². The number of hydrogen-bond donors (Lipinski definition) is 0. The first kappa shape index (κ1) is 16.8. The molecule has 0 aliphatic heterocycles. The summed E-state index contributed by atoms with van der Waals surface area (Å²) in [7, 11) is 0. The van der Waals surface area contributed by atoms with E-state index >= 15 is 0 Å². The fourth-order valence-electron chi connectivity index (χ4n) is 2.65. The van der Waals surface area contributed by atoms with E-state index in [0.717, 1.165) is 24.3 Å². The number of imidazole rings is 1. The van der Waals surface area contributed by atoms with Gasteiger partial charge in [-0.3, -0.25) is 0 Å². The van der Waals surface area contributed by atoms with Gasteiger partial charge in [0.1, 0.15) is 11.6 Å². The van der Waals surface area contributed by atoms with Crippen LogP contribution in [0.4, 0.5) is 4.39 Å². The summed E-state index contributed by atoms with van der Waals surface area (Å²) in [6, 6.07) is 3.28. The van der Waals surface area contributed by atoms with Crippen LogP contribution in [0.15, 0.2) is 16.6 Å². The first-order valence-corrected chi connectivity index (χ1v) is 8.83. The molecule has 1 atom stereocenters. The zero-order chi connectivity index (χ0) is 15.4. The van der Waals surface area contributed by atoms with Crippen molar-refractivity contribution in [2.24, 2.45) is 5.92 Å². The van der Waals surface area contributed by atoms with Crippen molar-refractivity contribution < 1.29 is 4.39 Å². The molecular weight excluding hydrogens is 355 g/mol. The summed E-state index contributed by atoms with van der Waals surface area (Å²) in [6.07, 6.45) is 4.78. The number of hydrogen-bond acceptors (Lipinski definition) is 1.